The van der Waals surface area contributed by atoms with Crippen molar-refractivity contribution in [3.05, 3.63) is 82.4 Å². The molecule has 0 aromatic heterocycles. The monoisotopic (exact) mass is 556 g/mol. The lowest BCUT2D eigenvalue weighted by atomic mass is 9.79. The van der Waals surface area contributed by atoms with Gasteiger partial charge in [0.1, 0.15) is 5.75 Å². The van der Waals surface area contributed by atoms with Crippen LogP contribution in [0.25, 0.3) is 0 Å². The van der Waals surface area contributed by atoms with Crippen LogP contribution >= 0.6 is 0 Å². The summed E-state index contributed by atoms with van der Waals surface area (Å²) in [5.41, 5.74) is 7.77. The fourth-order valence-corrected chi connectivity index (χ4v) is 6.74. The lowest BCUT2D eigenvalue weighted by Crippen LogP contribution is -2.26. The maximum absolute atomic E-state index is 9.93. The zero-order valence-corrected chi connectivity index (χ0v) is 25.3. The lowest BCUT2D eigenvalue weighted by molar-refractivity contribution is 0.281. The Morgan fingerprint density at radius 1 is 0.878 bits per heavy atom. The molecule has 1 aliphatic heterocycles. The van der Waals surface area contributed by atoms with E-state index in [0.717, 1.165) is 49.3 Å². The number of rotatable bonds is 11. The molecule has 2 unspecified atom stereocenters. The lowest BCUT2D eigenvalue weighted by Gasteiger charge is -2.29. The van der Waals surface area contributed by atoms with Crippen molar-refractivity contribution in [1.29, 1.82) is 0 Å². The SMILES string of the molecule is COc1cc(NC(C)Cc2ccc(CCCN3CCCCCC3)cc2)c(C2CCc3cc(O)ccc3C2)cc1OC. The molecule has 0 saturated carbocycles. The van der Waals surface area contributed by atoms with Crippen LogP contribution in [0.2, 0.25) is 0 Å². The van der Waals surface area contributed by atoms with Gasteiger partial charge in [0.15, 0.2) is 11.5 Å². The third-order valence-corrected chi connectivity index (χ3v) is 9.02. The van der Waals surface area contributed by atoms with E-state index in [4.69, 9.17) is 9.47 Å². The van der Waals surface area contributed by atoms with E-state index in [9.17, 15) is 5.11 Å². The van der Waals surface area contributed by atoms with Crippen molar-refractivity contribution in [2.75, 3.05) is 39.2 Å². The molecule has 0 bridgehead atoms. The molecule has 2 atom stereocenters. The van der Waals surface area contributed by atoms with Gasteiger partial charge >= 0.3 is 0 Å². The van der Waals surface area contributed by atoms with Crippen LogP contribution in [0.5, 0.6) is 17.2 Å². The van der Waals surface area contributed by atoms with E-state index in [1.165, 1.54) is 79.6 Å². The van der Waals surface area contributed by atoms with Gasteiger partial charge in [-0.15, -0.1) is 0 Å². The molecule has 1 fully saturated rings. The molecule has 2 N–H and O–H groups in total. The molecule has 1 saturated heterocycles. The number of aromatic hydroxyl groups is 1. The predicted octanol–water partition coefficient (Wildman–Crippen LogP) is 7.53. The molecule has 2 aliphatic rings. The van der Waals surface area contributed by atoms with Crippen molar-refractivity contribution in [1.82, 2.24) is 4.90 Å². The summed E-state index contributed by atoms with van der Waals surface area (Å²) in [6, 6.07) is 19.6. The molecule has 3 aromatic rings. The molecule has 3 aromatic carbocycles. The molecule has 0 amide bonds. The Labute approximate surface area is 246 Å². The molecule has 41 heavy (non-hydrogen) atoms. The number of nitrogens with one attached hydrogen (secondary N) is 1. The van der Waals surface area contributed by atoms with E-state index >= 15 is 0 Å². The average Bonchev–Trinajstić information content (AvgIpc) is 3.26. The van der Waals surface area contributed by atoms with Gasteiger partial charge in [-0.3, -0.25) is 0 Å². The Morgan fingerprint density at radius 3 is 2.32 bits per heavy atom. The molecular weight excluding hydrogens is 508 g/mol. The van der Waals surface area contributed by atoms with Gasteiger partial charge < -0.3 is 24.8 Å². The van der Waals surface area contributed by atoms with E-state index in [0.29, 0.717) is 11.7 Å². The standard InChI is InChI=1S/C36H48N2O3/c1-26(21-28-12-10-27(11-13-28)9-8-20-38-18-6-4-5-7-19-38)37-34-25-36(41-3)35(40-2)24-33(34)31-15-14-30-23-32(39)17-16-29(30)22-31/h10-13,16-17,23-26,31,37,39H,4-9,14-15,18-22H2,1-3H3. The van der Waals surface area contributed by atoms with Gasteiger partial charge in [-0.2, -0.15) is 0 Å². The summed E-state index contributed by atoms with van der Waals surface area (Å²) in [6.45, 7) is 6.05. The van der Waals surface area contributed by atoms with Crippen molar-refractivity contribution in [2.45, 2.75) is 83.1 Å². The number of benzene rings is 3. The van der Waals surface area contributed by atoms with Crippen LogP contribution in [-0.4, -0.2) is 49.9 Å². The van der Waals surface area contributed by atoms with E-state index in [2.05, 4.69) is 59.6 Å². The number of aryl methyl sites for hydroxylation is 2. The Morgan fingerprint density at radius 2 is 1.59 bits per heavy atom. The molecule has 0 radical (unpaired) electrons. The smallest absolute Gasteiger partial charge is 0.162 e. The van der Waals surface area contributed by atoms with Crippen molar-refractivity contribution in [3.63, 3.8) is 0 Å². The summed E-state index contributed by atoms with van der Waals surface area (Å²) in [5.74, 6) is 2.24. The highest BCUT2D eigenvalue weighted by molar-refractivity contribution is 5.63. The van der Waals surface area contributed by atoms with Gasteiger partial charge in [0.25, 0.3) is 0 Å². The van der Waals surface area contributed by atoms with E-state index < -0.39 is 0 Å². The number of ether oxygens (including phenoxy) is 2. The summed E-state index contributed by atoms with van der Waals surface area (Å²) in [7, 11) is 3.40. The summed E-state index contributed by atoms with van der Waals surface area (Å²) in [4.78, 5) is 2.66. The number of phenols is 1. The zero-order valence-electron chi connectivity index (χ0n) is 25.3. The highest BCUT2D eigenvalue weighted by atomic mass is 16.5. The van der Waals surface area contributed by atoms with Crippen molar-refractivity contribution in [2.24, 2.45) is 0 Å². The topological polar surface area (TPSA) is 54.0 Å². The van der Waals surface area contributed by atoms with Gasteiger partial charge in [-0.25, -0.2) is 0 Å². The van der Waals surface area contributed by atoms with E-state index in [-0.39, 0.29) is 6.04 Å². The molecule has 1 heterocycles. The number of methoxy groups -OCH3 is 2. The van der Waals surface area contributed by atoms with Gasteiger partial charge in [0, 0.05) is 17.8 Å². The van der Waals surface area contributed by atoms with E-state index in [1.807, 2.05) is 6.07 Å². The number of likely N-dealkylation sites (tertiary alicyclic amines) is 1. The van der Waals surface area contributed by atoms with Crippen molar-refractivity contribution in [3.8, 4) is 17.2 Å². The first-order chi connectivity index (χ1) is 20.0. The van der Waals surface area contributed by atoms with Gasteiger partial charge in [-0.1, -0.05) is 43.2 Å². The zero-order chi connectivity index (χ0) is 28.6. The third-order valence-electron chi connectivity index (χ3n) is 9.02. The fourth-order valence-electron chi connectivity index (χ4n) is 6.74. The van der Waals surface area contributed by atoms with Gasteiger partial charge in [0.05, 0.1) is 14.2 Å². The molecule has 1 aliphatic carbocycles. The number of hydrogen-bond donors (Lipinski definition) is 2. The first-order valence-electron chi connectivity index (χ1n) is 15.7. The number of phenolic OH excluding ortho intramolecular Hbond substituents is 1. The van der Waals surface area contributed by atoms with E-state index in [1.54, 1.807) is 20.3 Å². The summed E-state index contributed by atoms with van der Waals surface area (Å²) in [6.07, 6.45) is 11.8. The maximum Gasteiger partial charge on any atom is 0.162 e. The summed E-state index contributed by atoms with van der Waals surface area (Å²) < 4.78 is 11.4. The highest BCUT2D eigenvalue weighted by Crippen LogP contribution is 2.42. The predicted molar refractivity (Wildman–Crippen MR) is 169 cm³/mol. The number of fused-ring (bicyclic) bond motifs is 1. The first-order valence-corrected chi connectivity index (χ1v) is 15.7. The van der Waals surface area contributed by atoms with Crippen LogP contribution in [0.1, 0.15) is 79.2 Å². The van der Waals surface area contributed by atoms with Gasteiger partial charge in [0.2, 0.25) is 0 Å². The minimum atomic E-state index is 0.258. The van der Waals surface area contributed by atoms with Crippen molar-refractivity contribution < 1.29 is 14.6 Å². The minimum Gasteiger partial charge on any atom is -0.508 e. The Balaban J connectivity index is 1.22. The minimum absolute atomic E-state index is 0.258. The van der Waals surface area contributed by atoms with Gasteiger partial charge in [-0.05, 0) is 130 Å². The Kier molecular flexibility index (Phi) is 10.1. The Bertz CT molecular complexity index is 1260. The van der Waals surface area contributed by atoms with Crippen molar-refractivity contribution >= 4 is 5.69 Å². The Hall–Kier alpha value is -3.18. The quantitative estimate of drug-likeness (QED) is 0.256. The fraction of sp³-hybridized carbons (Fsp3) is 0.500. The van der Waals surface area contributed by atoms with Crippen LogP contribution in [0, 0.1) is 0 Å². The van der Waals surface area contributed by atoms with Crippen LogP contribution in [0.3, 0.4) is 0 Å². The first kappa shape index (κ1) is 29.3. The second-order valence-corrected chi connectivity index (χ2v) is 12.1. The van der Waals surface area contributed by atoms with Crippen LogP contribution in [-0.2, 0) is 25.7 Å². The number of hydrogen-bond acceptors (Lipinski definition) is 5. The normalized spacial score (nSPS) is 18.3. The average molecular weight is 557 g/mol. The highest BCUT2D eigenvalue weighted by Gasteiger charge is 2.25. The van der Waals surface area contributed by atoms with Crippen LogP contribution in [0.15, 0.2) is 54.6 Å². The second-order valence-electron chi connectivity index (χ2n) is 12.1. The molecular formula is C36H48N2O3. The summed E-state index contributed by atoms with van der Waals surface area (Å²) >= 11 is 0. The summed E-state index contributed by atoms with van der Waals surface area (Å²) in [5, 5.41) is 13.8. The molecule has 5 rings (SSSR count). The van der Waals surface area contributed by atoms with Crippen LogP contribution < -0.4 is 14.8 Å². The molecule has 220 valence electrons. The van der Waals surface area contributed by atoms with Crippen LogP contribution in [0.4, 0.5) is 5.69 Å². The molecule has 5 heteroatoms. The number of anilines is 1. The molecule has 5 nitrogen and oxygen atoms in total. The number of nitrogens with zero attached hydrogens (tertiary/aromatic N) is 1. The largest absolute Gasteiger partial charge is 0.508 e. The maximum atomic E-state index is 9.93. The molecule has 0 spiro atoms. The third kappa shape index (κ3) is 7.77. The second kappa shape index (κ2) is 14.1.